The van der Waals surface area contributed by atoms with Gasteiger partial charge in [0, 0.05) is 6.04 Å². The van der Waals surface area contributed by atoms with Crippen LogP contribution in [-0.2, 0) is 9.59 Å². The van der Waals surface area contributed by atoms with E-state index in [4.69, 9.17) is 5.11 Å². The van der Waals surface area contributed by atoms with Gasteiger partial charge in [-0.15, -0.1) is 12.4 Å². The molecule has 2 rings (SSSR count). The van der Waals surface area contributed by atoms with Gasteiger partial charge in [-0.05, 0) is 51.6 Å². The van der Waals surface area contributed by atoms with Crippen molar-refractivity contribution in [2.24, 2.45) is 11.8 Å². The highest BCUT2D eigenvalue weighted by Gasteiger charge is 2.31. The normalized spacial score (nSPS) is 28.5. The van der Waals surface area contributed by atoms with Crippen molar-refractivity contribution in [1.82, 2.24) is 10.2 Å². The van der Waals surface area contributed by atoms with Crippen LogP contribution in [0.1, 0.15) is 52.4 Å². The van der Waals surface area contributed by atoms with Gasteiger partial charge in [0.05, 0.1) is 12.0 Å². The average molecular weight is 333 g/mol. The van der Waals surface area contributed by atoms with Crippen LogP contribution in [0.25, 0.3) is 0 Å². The summed E-state index contributed by atoms with van der Waals surface area (Å²) in [5, 5.41) is 12.2. The van der Waals surface area contributed by atoms with Gasteiger partial charge in [-0.25, -0.2) is 0 Å². The number of nitrogens with zero attached hydrogens (tertiary/aromatic N) is 1. The highest BCUT2D eigenvalue weighted by molar-refractivity contribution is 5.85. The zero-order valence-electron chi connectivity index (χ0n) is 13.6. The Morgan fingerprint density at radius 1 is 1.14 bits per heavy atom. The molecule has 5 nitrogen and oxygen atoms in total. The number of amides is 1. The lowest BCUT2D eigenvalue weighted by atomic mass is 9.86. The molecule has 2 fully saturated rings. The lowest BCUT2D eigenvalue weighted by Gasteiger charge is -2.36. The van der Waals surface area contributed by atoms with Crippen LogP contribution < -0.4 is 5.32 Å². The van der Waals surface area contributed by atoms with Crippen molar-refractivity contribution in [3.8, 4) is 0 Å². The summed E-state index contributed by atoms with van der Waals surface area (Å²) in [6.07, 6.45) is 6.04. The molecule has 0 aromatic carbocycles. The van der Waals surface area contributed by atoms with Crippen molar-refractivity contribution in [1.29, 1.82) is 0 Å². The van der Waals surface area contributed by atoms with Crippen molar-refractivity contribution >= 4 is 24.3 Å². The molecule has 0 radical (unpaired) electrons. The quantitative estimate of drug-likeness (QED) is 0.828. The van der Waals surface area contributed by atoms with Crippen molar-refractivity contribution in [3.63, 3.8) is 0 Å². The smallest absolute Gasteiger partial charge is 0.306 e. The fourth-order valence-corrected chi connectivity index (χ4v) is 3.53. The summed E-state index contributed by atoms with van der Waals surface area (Å²) in [5.41, 5.74) is 0. The number of aliphatic carboxylic acids is 1. The van der Waals surface area contributed by atoms with Crippen molar-refractivity contribution in [3.05, 3.63) is 0 Å². The Balaban J connectivity index is 0.00000242. The minimum Gasteiger partial charge on any atom is -0.481 e. The summed E-state index contributed by atoms with van der Waals surface area (Å²) < 4.78 is 0. The molecule has 1 aliphatic heterocycles. The number of hydrogen-bond donors (Lipinski definition) is 2. The van der Waals surface area contributed by atoms with Crippen LogP contribution >= 0.6 is 12.4 Å². The molecule has 1 saturated heterocycles. The number of carbonyl (C=O) groups is 2. The van der Waals surface area contributed by atoms with Crippen LogP contribution in [0.3, 0.4) is 0 Å². The fourth-order valence-electron chi connectivity index (χ4n) is 3.53. The van der Waals surface area contributed by atoms with Gasteiger partial charge in [-0.2, -0.15) is 0 Å². The van der Waals surface area contributed by atoms with Gasteiger partial charge >= 0.3 is 5.97 Å². The van der Waals surface area contributed by atoms with E-state index in [-0.39, 0.29) is 30.3 Å². The van der Waals surface area contributed by atoms with Gasteiger partial charge < -0.3 is 10.4 Å². The van der Waals surface area contributed by atoms with Crippen molar-refractivity contribution in [2.75, 3.05) is 13.1 Å². The maximum atomic E-state index is 12.4. The molecule has 22 heavy (non-hydrogen) atoms. The molecular weight excluding hydrogens is 304 g/mol. The fraction of sp³-hybridized carbons (Fsp3) is 0.875. The number of nitrogens with one attached hydrogen (secondary N) is 1. The lowest BCUT2D eigenvalue weighted by Crippen LogP contribution is -2.52. The van der Waals surface area contributed by atoms with Crippen LogP contribution in [0.4, 0.5) is 0 Å². The van der Waals surface area contributed by atoms with E-state index in [0.29, 0.717) is 37.9 Å². The average Bonchev–Trinajstić information content (AvgIpc) is 2.49. The molecule has 128 valence electrons. The van der Waals surface area contributed by atoms with Gasteiger partial charge in [0.2, 0.25) is 5.91 Å². The molecule has 1 saturated carbocycles. The summed E-state index contributed by atoms with van der Waals surface area (Å²) in [7, 11) is 0. The minimum absolute atomic E-state index is 0. The molecule has 1 heterocycles. The minimum atomic E-state index is -0.706. The Kier molecular flexibility index (Phi) is 7.63. The molecule has 6 heteroatoms. The first-order valence-corrected chi connectivity index (χ1v) is 8.26. The molecule has 2 aliphatic rings. The van der Waals surface area contributed by atoms with Gasteiger partial charge in [-0.1, -0.05) is 19.8 Å². The first kappa shape index (κ1) is 19.2. The van der Waals surface area contributed by atoms with Crippen LogP contribution in [0.15, 0.2) is 0 Å². The SMILES string of the molecule is CC1CCCCC1NC(=O)C(C)N1CCC(C(=O)O)CC1.Cl. The molecule has 0 aromatic rings. The van der Waals surface area contributed by atoms with Gasteiger partial charge in [0.25, 0.3) is 0 Å². The predicted octanol–water partition coefficient (Wildman–Crippen LogP) is 2.29. The third-order valence-electron chi connectivity index (χ3n) is 5.25. The highest BCUT2D eigenvalue weighted by atomic mass is 35.5. The number of rotatable bonds is 4. The summed E-state index contributed by atoms with van der Waals surface area (Å²) in [5.74, 6) is -0.284. The number of carboxylic acids is 1. The van der Waals surface area contributed by atoms with E-state index in [1.165, 1.54) is 19.3 Å². The standard InChI is InChI=1S/C16H28N2O3.ClH/c1-11-5-3-4-6-14(11)17-15(19)12(2)18-9-7-13(8-10-18)16(20)21;/h11-14H,3-10H2,1-2H3,(H,17,19)(H,20,21);1H. The molecule has 0 bridgehead atoms. The molecule has 0 aromatic heterocycles. The van der Waals surface area contributed by atoms with Gasteiger partial charge in [0.15, 0.2) is 0 Å². The summed E-state index contributed by atoms with van der Waals surface area (Å²) in [6, 6.07) is 0.152. The first-order chi connectivity index (χ1) is 9.99. The van der Waals surface area contributed by atoms with Crippen molar-refractivity contribution < 1.29 is 14.7 Å². The number of carboxylic acid groups (broad SMARTS) is 1. The van der Waals surface area contributed by atoms with E-state index in [1.807, 2.05) is 6.92 Å². The van der Waals surface area contributed by atoms with Gasteiger partial charge in [-0.3, -0.25) is 14.5 Å². The molecule has 3 unspecified atom stereocenters. The molecule has 1 amide bonds. The van der Waals surface area contributed by atoms with E-state index >= 15 is 0 Å². The van der Waals surface area contributed by atoms with E-state index in [2.05, 4.69) is 17.1 Å². The van der Waals surface area contributed by atoms with E-state index < -0.39 is 5.97 Å². The number of carbonyl (C=O) groups excluding carboxylic acids is 1. The largest absolute Gasteiger partial charge is 0.481 e. The number of halogens is 1. The third kappa shape index (κ3) is 4.85. The Morgan fingerprint density at radius 3 is 2.27 bits per heavy atom. The van der Waals surface area contributed by atoms with Crippen LogP contribution in [0.5, 0.6) is 0 Å². The monoisotopic (exact) mass is 332 g/mol. The Labute approximate surface area is 139 Å². The second-order valence-corrected chi connectivity index (χ2v) is 6.70. The molecular formula is C16H29ClN2O3. The summed E-state index contributed by atoms with van der Waals surface area (Å²) in [6.45, 7) is 5.55. The third-order valence-corrected chi connectivity index (χ3v) is 5.25. The summed E-state index contributed by atoms with van der Waals surface area (Å²) in [4.78, 5) is 25.5. The maximum Gasteiger partial charge on any atom is 0.306 e. The van der Waals surface area contributed by atoms with Crippen molar-refractivity contribution in [2.45, 2.75) is 64.5 Å². The Morgan fingerprint density at radius 2 is 1.73 bits per heavy atom. The second-order valence-electron chi connectivity index (χ2n) is 6.70. The predicted molar refractivity (Wildman–Crippen MR) is 88.2 cm³/mol. The second kappa shape index (κ2) is 8.73. The van der Waals surface area contributed by atoms with E-state index in [1.54, 1.807) is 0 Å². The maximum absolute atomic E-state index is 12.4. The molecule has 0 spiro atoms. The highest BCUT2D eigenvalue weighted by Crippen LogP contribution is 2.24. The van der Waals surface area contributed by atoms with Crippen LogP contribution in [0.2, 0.25) is 0 Å². The Bertz CT molecular complexity index is 384. The number of hydrogen-bond acceptors (Lipinski definition) is 3. The molecule has 3 atom stereocenters. The topological polar surface area (TPSA) is 69.6 Å². The molecule has 2 N–H and O–H groups in total. The summed E-state index contributed by atoms with van der Waals surface area (Å²) >= 11 is 0. The number of likely N-dealkylation sites (tertiary alicyclic amines) is 1. The Hall–Kier alpha value is -0.810. The van der Waals surface area contributed by atoms with Crippen LogP contribution in [0, 0.1) is 11.8 Å². The van der Waals surface area contributed by atoms with E-state index in [9.17, 15) is 9.59 Å². The zero-order chi connectivity index (χ0) is 15.4. The van der Waals surface area contributed by atoms with Crippen LogP contribution in [-0.4, -0.2) is 47.1 Å². The van der Waals surface area contributed by atoms with E-state index in [0.717, 1.165) is 6.42 Å². The van der Waals surface area contributed by atoms with Gasteiger partial charge in [0.1, 0.15) is 0 Å². The molecule has 1 aliphatic carbocycles. The first-order valence-electron chi connectivity index (χ1n) is 8.26. The lowest BCUT2D eigenvalue weighted by molar-refractivity contribution is -0.143. The number of piperidine rings is 1. The zero-order valence-corrected chi connectivity index (χ0v) is 14.4.